The van der Waals surface area contributed by atoms with Gasteiger partial charge in [-0.25, -0.2) is 0 Å². The molecule has 0 aromatic rings. The van der Waals surface area contributed by atoms with Crippen LogP contribution in [-0.4, -0.2) is 84.1 Å². The zero-order valence-corrected chi connectivity index (χ0v) is 22.9. The summed E-state index contributed by atoms with van der Waals surface area (Å²) in [7, 11) is 0. The van der Waals surface area contributed by atoms with Crippen molar-refractivity contribution in [2.75, 3.05) is 39.4 Å². The maximum absolute atomic E-state index is 12.5. The van der Waals surface area contributed by atoms with Gasteiger partial charge in [-0.1, -0.05) is 24.2 Å². The number of ether oxygens (including phenoxy) is 1. The van der Waals surface area contributed by atoms with Crippen molar-refractivity contribution in [3.63, 3.8) is 0 Å². The monoisotopic (exact) mass is 500 g/mol. The molecule has 0 bridgehead atoms. The molecule has 0 radical (unpaired) electrons. The van der Waals surface area contributed by atoms with Crippen LogP contribution in [0.4, 0.5) is 0 Å². The Bertz CT molecular complexity index is 687. The topological polar surface area (TPSA) is 157 Å². The molecule has 0 aliphatic carbocycles. The maximum atomic E-state index is 12.5. The van der Waals surface area contributed by atoms with Crippen LogP contribution in [0.1, 0.15) is 74.7 Å². The number of nitrogens with zero attached hydrogens (tertiary/aromatic N) is 2. The highest BCUT2D eigenvalue weighted by Crippen LogP contribution is 2.18. The number of carbonyl (C=O) groups excluding carboxylic acids is 2. The van der Waals surface area contributed by atoms with Crippen LogP contribution in [0.25, 0.3) is 0 Å². The first-order valence-electron chi connectivity index (χ1n) is 12.2. The number of hydrogen-bond donors (Lipinski definition) is 6. The van der Waals surface area contributed by atoms with Crippen LogP contribution in [0.5, 0.6) is 0 Å². The Balaban J connectivity index is 4.99. The van der Waals surface area contributed by atoms with E-state index in [9.17, 15) is 20.0 Å². The van der Waals surface area contributed by atoms with Gasteiger partial charge < -0.3 is 36.4 Å². The van der Waals surface area contributed by atoms with E-state index in [1.807, 2.05) is 41.5 Å². The molecule has 0 aromatic carbocycles. The molecule has 0 fully saturated rings. The third-order valence-corrected chi connectivity index (χ3v) is 6.23. The van der Waals surface area contributed by atoms with Gasteiger partial charge in [-0.15, -0.1) is 0 Å². The van der Waals surface area contributed by atoms with Crippen molar-refractivity contribution in [1.29, 1.82) is 0 Å². The summed E-state index contributed by atoms with van der Waals surface area (Å²) in [4.78, 5) is 24.4. The summed E-state index contributed by atoms with van der Waals surface area (Å²) in [5.41, 5.74) is -0.499. The van der Waals surface area contributed by atoms with Crippen LogP contribution < -0.4 is 21.3 Å². The van der Waals surface area contributed by atoms with Crippen LogP contribution in [0, 0.1) is 5.41 Å². The van der Waals surface area contributed by atoms with E-state index in [1.165, 1.54) is 0 Å². The van der Waals surface area contributed by atoms with Crippen molar-refractivity contribution in [1.82, 2.24) is 21.3 Å². The minimum absolute atomic E-state index is 0.0854. The van der Waals surface area contributed by atoms with Gasteiger partial charge in [-0.2, -0.15) is 0 Å². The van der Waals surface area contributed by atoms with Gasteiger partial charge in [0.25, 0.3) is 0 Å². The predicted molar refractivity (Wildman–Crippen MR) is 138 cm³/mol. The van der Waals surface area contributed by atoms with Crippen LogP contribution in [0.2, 0.25) is 0 Å². The second kappa shape index (κ2) is 15.7. The summed E-state index contributed by atoms with van der Waals surface area (Å²) < 4.78 is 5.32. The summed E-state index contributed by atoms with van der Waals surface area (Å²) in [6, 6.07) is 0. The number of carbonyl (C=O) groups is 2. The molecule has 0 aliphatic heterocycles. The van der Waals surface area contributed by atoms with E-state index in [0.29, 0.717) is 50.8 Å². The molecular weight excluding hydrogens is 452 g/mol. The second-order valence-corrected chi connectivity index (χ2v) is 10.4. The maximum Gasteiger partial charge on any atom is 0.220 e. The quantitative estimate of drug-likeness (QED) is 0.0726. The number of rotatable bonds is 18. The fraction of sp³-hybridized carbons (Fsp3) is 0.833. The summed E-state index contributed by atoms with van der Waals surface area (Å²) in [5, 5.41) is 37.5. The van der Waals surface area contributed by atoms with Crippen molar-refractivity contribution < 1.29 is 24.7 Å². The van der Waals surface area contributed by atoms with Crippen molar-refractivity contribution >= 4 is 23.2 Å². The molecular formula is C24H48N6O5. The highest BCUT2D eigenvalue weighted by Gasteiger charge is 2.32. The SMILES string of the molecule is CCCOCCNC(=O)CCC(=O)NCC(C)(CNC(C)(C)/C(C)=N/O)CNC(C)(C)/C(C)=N/O. The number of hydrogen-bond acceptors (Lipinski definition) is 9. The van der Waals surface area contributed by atoms with Gasteiger partial charge in [0.2, 0.25) is 11.8 Å². The molecule has 0 heterocycles. The lowest BCUT2D eigenvalue weighted by molar-refractivity contribution is -0.126. The standard InChI is InChI=1S/C24H48N6O5/c1-9-13-35-14-12-25-20(31)10-11-21(32)26-15-24(8,16-27-22(4,5)18(2)29-33)17-28-23(6,7)19(3)30-34/h27-28,33-34H,9-17H2,1-8H3,(H,25,31)(H,26,32)/b29-18+,30-19+. The van der Waals surface area contributed by atoms with Gasteiger partial charge in [0.1, 0.15) is 0 Å². The third-order valence-electron chi connectivity index (χ3n) is 6.23. The smallest absolute Gasteiger partial charge is 0.220 e. The van der Waals surface area contributed by atoms with Crippen molar-refractivity contribution in [2.24, 2.45) is 15.7 Å². The van der Waals surface area contributed by atoms with Gasteiger partial charge in [0.05, 0.1) is 29.1 Å². The van der Waals surface area contributed by atoms with E-state index in [2.05, 4.69) is 31.6 Å². The minimum atomic E-state index is -0.559. The van der Waals surface area contributed by atoms with E-state index >= 15 is 0 Å². The van der Waals surface area contributed by atoms with Crippen LogP contribution >= 0.6 is 0 Å². The predicted octanol–water partition coefficient (Wildman–Crippen LogP) is 1.87. The van der Waals surface area contributed by atoms with Crippen molar-refractivity contribution in [2.45, 2.75) is 85.7 Å². The molecule has 0 unspecified atom stereocenters. The molecule has 204 valence electrons. The van der Waals surface area contributed by atoms with E-state index in [0.717, 1.165) is 6.42 Å². The van der Waals surface area contributed by atoms with E-state index in [-0.39, 0.29) is 24.7 Å². The average Bonchev–Trinajstić information content (AvgIpc) is 2.82. The highest BCUT2D eigenvalue weighted by molar-refractivity contribution is 5.90. The van der Waals surface area contributed by atoms with Crippen molar-refractivity contribution in [3.05, 3.63) is 0 Å². The van der Waals surface area contributed by atoms with E-state index < -0.39 is 16.5 Å². The lowest BCUT2D eigenvalue weighted by Gasteiger charge is -2.38. The molecule has 0 aromatic heterocycles. The first-order valence-corrected chi connectivity index (χ1v) is 12.2. The van der Waals surface area contributed by atoms with E-state index in [4.69, 9.17) is 4.74 Å². The second-order valence-electron chi connectivity index (χ2n) is 10.4. The molecule has 11 nitrogen and oxygen atoms in total. The van der Waals surface area contributed by atoms with Gasteiger partial charge in [0.15, 0.2) is 0 Å². The van der Waals surface area contributed by atoms with Gasteiger partial charge in [-0.05, 0) is 48.0 Å². The summed E-state index contributed by atoms with van der Waals surface area (Å²) >= 11 is 0. The van der Waals surface area contributed by atoms with Gasteiger partial charge >= 0.3 is 0 Å². The largest absolute Gasteiger partial charge is 0.411 e. The summed E-state index contributed by atoms with van der Waals surface area (Å²) in [6.45, 7) is 18.0. The normalized spacial score (nSPS) is 13.6. The van der Waals surface area contributed by atoms with Crippen molar-refractivity contribution in [3.8, 4) is 0 Å². The van der Waals surface area contributed by atoms with Crippen LogP contribution in [0.15, 0.2) is 10.3 Å². The van der Waals surface area contributed by atoms with E-state index in [1.54, 1.807) is 13.8 Å². The molecule has 0 saturated carbocycles. The van der Waals surface area contributed by atoms with Gasteiger partial charge in [0, 0.05) is 51.0 Å². The average molecular weight is 501 g/mol. The lowest BCUT2D eigenvalue weighted by atomic mass is 9.86. The zero-order valence-electron chi connectivity index (χ0n) is 22.9. The van der Waals surface area contributed by atoms with Crippen LogP contribution in [0.3, 0.4) is 0 Å². The first kappa shape index (κ1) is 32.8. The number of amides is 2. The number of nitrogens with one attached hydrogen (secondary N) is 4. The Morgan fingerprint density at radius 2 is 1.23 bits per heavy atom. The Hall–Kier alpha value is -2.24. The summed E-state index contributed by atoms with van der Waals surface area (Å²) in [5.74, 6) is -0.402. The summed E-state index contributed by atoms with van der Waals surface area (Å²) in [6.07, 6.45) is 1.11. The molecule has 0 spiro atoms. The third kappa shape index (κ3) is 13.4. The molecule has 0 saturated heterocycles. The minimum Gasteiger partial charge on any atom is -0.411 e. The zero-order chi connectivity index (χ0) is 27.1. The Morgan fingerprint density at radius 3 is 1.66 bits per heavy atom. The Kier molecular flexibility index (Phi) is 14.7. The number of oxime groups is 2. The lowest BCUT2D eigenvalue weighted by Crippen LogP contribution is -2.57. The molecule has 6 N–H and O–H groups in total. The van der Waals surface area contributed by atoms with Crippen LogP contribution in [-0.2, 0) is 14.3 Å². The highest BCUT2D eigenvalue weighted by atomic mass is 16.5. The molecule has 0 aliphatic rings. The molecule has 11 heteroatoms. The first-order chi connectivity index (χ1) is 16.2. The Morgan fingerprint density at radius 1 is 0.771 bits per heavy atom. The molecule has 0 atom stereocenters. The Labute approximate surface area is 210 Å². The van der Waals surface area contributed by atoms with Gasteiger partial charge in [-0.3, -0.25) is 9.59 Å². The molecule has 35 heavy (non-hydrogen) atoms. The fourth-order valence-electron chi connectivity index (χ4n) is 2.79. The molecule has 0 rings (SSSR count). The molecule has 2 amide bonds. The fourth-order valence-corrected chi connectivity index (χ4v) is 2.79.